The zero-order valence-electron chi connectivity index (χ0n) is 15.2. The molecular formula is C18H27N3O4. The zero-order valence-corrected chi connectivity index (χ0v) is 15.2. The normalized spacial score (nSPS) is 29.8. The third-order valence-corrected chi connectivity index (χ3v) is 5.51. The van der Waals surface area contributed by atoms with E-state index in [-0.39, 0.29) is 12.0 Å². The van der Waals surface area contributed by atoms with Crippen molar-refractivity contribution in [2.75, 3.05) is 6.61 Å². The fraction of sp³-hybridized carbons (Fsp3) is 0.722. The minimum atomic E-state index is -0.553. The minimum Gasteiger partial charge on any atom is -0.300 e. The highest BCUT2D eigenvalue weighted by Gasteiger charge is 2.71. The van der Waals surface area contributed by atoms with Gasteiger partial charge >= 0.3 is 5.69 Å². The largest absolute Gasteiger partial charge is 0.337 e. The summed E-state index contributed by atoms with van der Waals surface area (Å²) < 4.78 is 2.10. The van der Waals surface area contributed by atoms with Crippen molar-refractivity contribution >= 4 is 5.91 Å². The second-order valence-corrected chi connectivity index (χ2v) is 7.40. The Hall–Kier alpha value is -1.73. The molecule has 0 amide bonds. The van der Waals surface area contributed by atoms with Crippen LogP contribution in [0.4, 0.5) is 0 Å². The van der Waals surface area contributed by atoms with Crippen molar-refractivity contribution in [3.05, 3.63) is 33.1 Å². The van der Waals surface area contributed by atoms with Crippen LogP contribution in [0.25, 0.3) is 0 Å². The average molecular weight is 349 g/mol. The lowest BCUT2D eigenvalue weighted by Gasteiger charge is -2.23. The molecule has 2 fully saturated rings. The molecule has 0 aromatic carbocycles. The number of fused-ring (bicyclic) bond motifs is 1. The van der Waals surface area contributed by atoms with Crippen LogP contribution in [0.5, 0.6) is 0 Å². The lowest BCUT2D eigenvalue weighted by atomic mass is 9.78. The van der Waals surface area contributed by atoms with Gasteiger partial charge < -0.3 is 4.57 Å². The van der Waals surface area contributed by atoms with Crippen LogP contribution >= 0.6 is 0 Å². The van der Waals surface area contributed by atoms with E-state index < -0.39 is 17.2 Å². The highest BCUT2D eigenvalue weighted by atomic mass is 16.7. The van der Waals surface area contributed by atoms with Gasteiger partial charge in [0.15, 0.2) is 0 Å². The van der Waals surface area contributed by atoms with Crippen LogP contribution in [-0.4, -0.2) is 38.3 Å². The first kappa shape index (κ1) is 18.1. The summed E-state index contributed by atoms with van der Waals surface area (Å²) in [5.74, 6) is 0.294. The van der Waals surface area contributed by atoms with Crippen molar-refractivity contribution in [2.24, 2.45) is 5.92 Å². The maximum atomic E-state index is 12.2. The molecule has 0 radical (unpaired) electrons. The van der Waals surface area contributed by atoms with E-state index in [0.29, 0.717) is 25.6 Å². The first-order chi connectivity index (χ1) is 11.9. The Morgan fingerprint density at radius 1 is 1.32 bits per heavy atom. The third-order valence-electron chi connectivity index (χ3n) is 5.51. The topological polar surface area (TPSA) is 73.3 Å². The van der Waals surface area contributed by atoms with E-state index in [1.54, 1.807) is 6.92 Å². The summed E-state index contributed by atoms with van der Waals surface area (Å²) in [5, 5.41) is 2.11. The van der Waals surface area contributed by atoms with Crippen molar-refractivity contribution in [3.63, 3.8) is 0 Å². The summed E-state index contributed by atoms with van der Waals surface area (Å²) in [7, 11) is 0. The van der Waals surface area contributed by atoms with Gasteiger partial charge in [0.25, 0.3) is 5.56 Å². The molecule has 1 aromatic rings. The Kier molecular flexibility index (Phi) is 4.97. The molecule has 7 heteroatoms. The average Bonchev–Trinajstić information content (AvgIpc) is 3.05. The van der Waals surface area contributed by atoms with Crippen molar-refractivity contribution in [2.45, 2.75) is 71.0 Å². The molecule has 7 nitrogen and oxygen atoms in total. The van der Waals surface area contributed by atoms with Gasteiger partial charge in [-0.15, -0.1) is 0 Å². The van der Waals surface area contributed by atoms with Crippen LogP contribution in [0.1, 0.15) is 57.7 Å². The van der Waals surface area contributed by atoms with Crippen LogP contribution in [-0.2, 0) is 11.4 Å². The first-order valence-corrected chi connectivity index (χ1v) is 9.18. The minimum absolute atomic E-state index is 0.198. The molecule has 0 N–H and O–H groups in total. The monoisotopic (exact) mass is 349 g/mol. The smallest absolute Gasteiger partial charge is 0.300 e. The van der Waals surface area contributed by atoms with Crippen LogP contribution < -0.4 is 11.2 Å². The number of aryl methyl sites for hydroxylation is 1. The predicted octanol–water partition coefficient (Wildman–Crippen LogP) is 1.64. The molecule has 1 saturated heterocycles. The lowest BCUT2D eigenvalue weighted by Crippen LogP contribution is -2.42. The van der Waals surface area contributed by atoms with Crippen molar-refractivity contribution in [3.8, 4) is 0 Å². The molecule has 4 unspecified atom stereocenters. The summed E-state index contributed by atoms with van der Waals surface area (Å²) in [5.41, 5.74) is -0.839. The molecule has 138 valence electrons. The Balaban J connectivity index is 1.39. The van der Waals surface area contributed by atoms with Gasteiger partial charge in [0, 0.05) is 25.2 Å². The molecule has 25 heavy (non-hydrogen) atoms. The van der Waals surface area contributed by atoms with Gasteiger partial charge in [-0.3, -0.25) is 14.4 Å². The molecule has 4 atom stereocenters. The second kappa shape index (κ2) is 6.88. The Morgan fingerprint density at radius 3 is 2.68 bits per heavy atom. The molecule has 1 aromatic heterocycles. The number of unbranched alkanes of at least 4 members (excludes halogenated alkanes) is 2. The van der Waals surface area contributed by atoms with Gasteiger partial charge in [-0.2, -0.15) is 9.63 Å². The van der Waals surface area contributed by atoms with E-state index in [1.165, 1.54) is 23.3 Å². The summed E-state index contributed by atoms with van der Waals surface area (Å²) in [6, 6.07) is 1.84. The quantitative estimate of drug-likeness (QED) is 0.527. The maximum absolute atomic E-state index is 12.2. The van der Waals surface area contributed by atoms with Crippen LogP contribution in [0.2, 0.25) is 0 Å². The highest BCUT2D eigenvalue weighted by Crippen LogP contribution is 2.59. The van der Waals surface area contributed by atoms with Crippen molar-refractivity contribution < 1.29 is 9.63 Å². The lowest BCUT2D eigenvalue weighted by molar-refractivity contribution is -0.0903. The number of carbonyl (C=O) groups excluding carboxylic acids is 1. The second-order valence-electron chi connectivity index (χ2n) is 7.40. The SMILES string of the molecule is CCn1ccc(=O)n(C(=O)CCCCCON2C3C(C)CC32C)c1=O. The van der Waals surface area contributed by atoms with E-state index in [4.69, 9.17) is 4.84 Å². The molecule has 0 spiro atoms. The Bertz CT molecular complexity index is 768. The van der Waals surface area contributed by atoms with Crippen LogP contribution in [0, 0.1) is 5.92 Å². The number of aromatic nitrogens is 2. The summed E-state index contributed by atoms with van der Waals surface area (Å²) >= 11 is 0. The Morgan fingerprint density at radius 2 is 2.08 bits per heavy atom. The van der Waals surface area contributed by atoms with E-state index in [1.807, 2.05) is 0 Å². The molecule has 0 bridgehead atoms. The molecule has 2 heterocycles. The van der Waals surface area contributed by atoms with Crippen molar-refractivity contribution in [1.29, 1.82) is 0 Å². The van der Waals surface area contributed by atoms with E-state index >= 15 is 0 Å². The van der Waals surface area contributed by atoms with E-state index in [9.17, 15) is 14.4 Å². The number of hydrogen-bond donors (Lipinski definition) is 0. The fourth-order valence-electron chi connectivity index (χ4n) is 4.12. The van der Waals surface area contributed by atoms with Crippen LogP contribution in [0.3, 0.4) is 0 Å². The summed E-state index contributed by atoms with van der Waals surface area (Å²) in [4.78, 5) is 41.9. The highest BCUT2D eigenvalue weighted by molar-refractivity contribution is 5.78. The number of carbonyl (C=O) groups is 1. The molecule has 1 aliphatic heterocycles. The van der Waals surface area contributed by atoms with Gasteiger partial charge in [0.1, 0.15) is 0 Å². The maximum Gasteiger partial charge on any atom is 0.337 e. The summed E-state index contributed by atoms with van der Waals surface area (Å²) in [6.07, 6.45) is 5.17. The standard InChI is InChI=1S/C18H27N3O4/c1-4-19-10-9-15(23)20(17(19)24)14(22)8-6-5-7-11-25-21-16-13(2)12-18(16,21)3/h9-10,13,16H,4-8,11-12H2,1-3H3. The van der Waals surface area contributed by atoms with Gasteiger partial charge in [-0.05, 0) is 39.0 Å². The fourth-order valence-corrected chi connectivity index (χ4v) is 4.12. The number of hydrogen-bond acceptors (Lipinski definition) is 5. The van der Waals surface area contributed by atoms with E-state index in [0.717, 1.165) is 23.3 Å². The predicted molar refractivity (Wildman–Crippen MR) is 93.5 cm³/mol. The van der Waals surface area contributed by atoms with Gasteiger partial charge in [0.05, 0.1) is 18.2 Å². The Labute approximate surface area is 147 Å². The first-order valence-electron chi connectivity index (χ1n) is 9.18. The van der Waals surface area contributed by atoms with Crippen LogP contribution in [0.15, 0.2) is 21.9 Å². The van der Waals surface area contributed by atoms with E-state index in [2.05, 4.69) is 18.9 Å². The van der Waals surface area contributed by atoms with Gasteiger partial charge in [-0.25, -0.2) is 4.79 Å². The third kappa shape index (κ3) is 3.22. The number of nitrogens with zero attached hydrogens (tertiary/aromatic N) is 3. The number of hydroxylamine groups is 2. The molecule has 1 saturated carbocycles. The zero-order chi connectivity index (χ0) is 18.2. The van der Waals surface area contributed by atoms with Gasteiger partial charge in [-0.1, -0.05) is 13.3 Å². The number of rotatable bonds is 8. The molecule has 2 aliphatic rings. The molecular weight excluding hydrogens is 322 g/mol. The van der Waals surface area contributed by atoms with Crippen molar-refractivity contribution in [1.82, 2.24) is 14.2 Å². The van der Waals surface area contributed by atoms with Gasteiger partial charge in [0.2, 0.25) is 5.91 Å². The molecule has 3 rings (SSSR count). The summed E-state index contributed by atoms with van der Waals surface area (Å²) in [6.45, 7) is 7.36. The molecule has 1 aliphatic carbocycles.